The average molecular weight is 505 g/mol. The monoisotopic (exact) mass is 504 g/mol. The summed E-state index contributed by atoms with van der Waals surface area (Å²) in [5.74, 6) is -0.594. The molecule has 0 heterocycles. The van der Waals surface area contributed by atoms with Crippen LogP contribution in [0.2, 0.25) is 0 Å². The number of benzene rings is 4. The van der Waals surface area contributed by atoms with Crippen molar-refractivity contribution in [2.24, 2.45) is 0 Å². The van der Waals surface area contributed by atoms with Gasteiger partial charge in [-0.05, 0) is 93.3 Å². The van der Waals surface area contributed by atoms with Crippen LogP contribution in [0.25, 0.3) is 33.4 Å². The summed E-state index contributed by atoms with van der Waals surface area (Å²) >= 11 is 0. The van der Waals surface area contributed by atoms with Crippen molar-refractivity contribution in [3.8, 4) is 39.1 Å². The molecule has 0 bridgehead atoms. The van der Waals surface area contributed by atoms with E-state index in [-0.39, 0.29) is 28.7 Å². The predicted molar refractivity (Wildman–Crippen MR) is 156 cm³/mol. The van der Waals surface area contributed by atoms with Crippen LogP contribution in [0, 0.1) is 0 Å². The number of carbonyl (C=O) groups is 1. The van der Waals surface area contributed by atoms with Gasteiger partial charge in [-0.3, -0.25) is 0 Å². The second kappa shape index (κ2) is 9.79. The number of hydrogen-bond donors (Lipinski definition) is 1. The zero-order valence-corrected chi connectivity index (χ0v) is 23.0. The minimum absolute atomic E-state index is 0.0765. The lowest BCUT2D eigenvalue weighted by atomic mass is 9.63. The van der Waals surface area contributed by atoms with Gasteiger partial charge in [0.15, 0.2) is 0 Å². The van der Waals surface area contributed by atoms with Crippen LogP contribution >= 0.6 is 0 Å². The Bertz CT molecular complexity index is 1500. The van der Waals surface area contributed by atoms with Crippen molar-refractivity contribution in [2.75, 3.05) is 6.61 Å². The molecule has 0 saturated carbocycles. The summed E-state index contributed by atoms with van der Waals surface area (Å²) in [6, 6.07) is 29.0. The first kappa shape index (κ1) is 25.8. The third-order valence-electron chi connectivity index (χ3n) is 8.09. The maximum atomic E-state index is 12.3. The van der Waals surface area contributed by atoms with Crippen molar-refractivity contribution >= 4 is 5.97 Å². The van der Waals surface area contributed by atoms with E-state index in [0.29, 0.717) is 0 Å². The molecule has 194 valence electrons. The fourth-order valence-electron chi connectivity index (χ4n) is 5.68. The SMILES string of the molecule is CCOC(=O)c1ccc(-c2ccc(-c3ccccc3)cc2-c2ccc3c(c2)C(C)(C)CCC3(C)C)cc1O. The van der Waals surface area contributed by atoms with Gasteiger partial charge in [-0.15, -0.1) is 0 Å². The zero-order valence-electron chi connectivity index (χ0n) is 23.0. The van der Waals surface area contributed by atoms with Gasteiger partial charge in [-0.1, -0.05) is 94.4 Å². The Hall–Kier alpha value is -3.85. The minimum Gasteiger partial charge on any atom is -0.507 e. The average Bonchev–Trinajstić information content (AvgIpc) is 2.91. The number of esters is 1. The van der Waals surface area contributed by atoms with E-state index in [0.717, 1.165) is 39.8 Å². The Morgan fingerprint density at radius 1 is 0.711 bits per heavy atom. The minimum atomic E-state index is -0.518. The van der Waals surface area contributed by atoms with Gasteiger partial charge in [0.1, 0.15) is 11.3 Å². The summed E-state index contributed by atoms with van der Waals surface area (Å²) in [4.78, 5) is 12.3. The molecule has 3 nitrogen and oxygen atoms in total. The highest BCUT2D eigenvalue weighted by molar-refractivity contribution is 5.94. The molecule has 1 aliphatic carbocycles. The molecular weight excluding hydrogens is 468 g/mol. The van der Waals surface area contributed by atoms with Crippen molar-refractivity contribution < 1.29 is 14.6 Å². The van der Waals surface area contributed by atoms with E-state index in [1.165, 1.54) is 17.5 Å². The van der Waals surface area contributed by atoms with Gasteiger partial charge in [-0.2, -0.15) is 0 Å². The lowest BCUT2D eigenvalue weighted by Crippen LogP contribution is -2.33. The Kier molecular flexibility index (Phi) is 6.65. The third-order valence-corrected chi connectivity index (χ3v) is 8.09. The Balaban J connectivity index is 1.69. The Morgan fingerprint density at radius 2 is 1.34 bits per heavy atom. The second-order valence-electron chi connectivity index (χ2n) is 11.6. The van der Waals surface area contributed by atoms with Crippen LogP contribution in [-0.4, -0.2) is 17.7 Å². The van der Waals surface area contributed by atoms with Crippen molar-refractivity contribution in [1.29, 1.82) is 0 Å². The number of phenolic OH excluding ortho intramolecular Hbond substituents is 1. The molecule has 0 unspecified atom stereocenters. The summed E-state index contributed by atoms with van der Waals surface area (Å²) in [5, 5.41) is 10.7. The van der Waals surface area contributed by atoms with E-state index in [9.17, 15) is 9.90 Å². The normalized spacial score (nSPS) is 15.5. The van der Waals surface area contributed by atoms with Gasteiger partial charge in [-0.25, -0.2) is 4.79 Å². The molecule has 1 N–H and O–H groups in total. The smallest absolute Gasteiger partial charge is 0.341 e. The van der Waals surface area contributed by atoms with Gasteiger partial charge >= 0.3 is 5.97 Å². The maximum absolute atomic E-state index is 12.3. The number of ether oxygens (including phenoxy) is 1. The Morgan fingerprint density at radius 3 is 2.03 bits per heavy atom. The summed E-state index contributed by atoms with van der Waals surface area (Å²) in [6.45, 7) is 11.4. The number of phenols is 1. The lowest BCUT2D eigenvalue weighted by molar-refractivity contribution is 0.0523. The maximum Gasteiger partial charge on any atom is 0.341 e. The second-order valence-corrected chi connectivity index (χ2v) is 11.6. The Labute approximate surface area is 226 Å². The summed E-state index contributed by atoms with van der Waals surface area (Å²) in [6.07, 6.45) is 2.32. The van der Waals surface area contributed by atoms with Crippen LogP contribution in [0.4, 0.5) is 0 Å². The van der Waals surface area contributed by atoms with Crippen LogP contribution < -0.4 is 0 Å². The topological polar surface area (TPSA) is 46.5 Å². The van der Waals surface area contributed by atoms with E-state index in [1.54, 1.807) is 19.1 Å². The molecule has 4 aromatic rings. The standard InChI is InChI=1S/C35H36O3/c1-6-38-33(37)28-16-13-26(22-32(28)36)27-15-12-24(23-10-8-7-9-11-23)20-29(27)25-14-17-30-31(21-25)35(4,5)19-18-34(30,2)3/h7-17,20-22,36H,6,18-19H2,1-5H3. The van der Waals surface area contributed by atoms with Gasteiger partial charge < -0.3 is 9.84 Å². The van der Waals surface area contributed by atoms with Gasteiger partial charge in [0.05, 0.1) is 6.61 Å². The van der Waals surface area contributed by atoms with E-state index in [4.69, 9.17) is 4.74 Å². The molecule has 38 heavy (non-hydrogen) atoms. The van der Waals surface area contributed by atoms with Crippen LogP contribution in [-0.2, 0) is 15.6 Å². The number of rotatable bonds is 5. The molecule has 0 amide bonds. The van der Waals surface area contributed by atoms with Crippen LogP contribution in [0.3, 0.4) is 0 Å². The quantitative estimate of drug-likeness (QED) is 0.276. The zero-order chi connectivity index (χ0) is 27.1. The third kappa shape index (κ3) is 4.74. The molecule has 0 saturated heterocycles. The fraction of sp³-hybridized carbons (Fsp3) is 0.286. The van der Waals surface area contributed by atoms with Crippen LogP contribution in [0.15, 0.2) is 84.9 Å². The highest BCUT2D eigenvalue weighted by Gasteiger charge is 2.37. The highest BCUT2D eigenvalue weighted by Crippen LogP contribution is 2.48. The van der Waals surface area contributed by atoms with Crippen molar-refractivity contribution in [3.63, 3.8) is 0 Å². The van der Waals surface area contributed by atoms with E-state index in [1.807, 2.05) is 12.1 Å². The van der Waals surface area contributed by atoms with Gasteiger partial charge in [0, 0.05) is 0 Å². The van der Waals surface area contributed by atoms with Gasteiger partial charge in [0.25, 0.3) is 0 Å². The van der Waals surface area contributed by atoms with Crippen molar-refractivity contribution in [2.45, 2.75) is 58.3 Å². The van der Waals surface area contributed by atoms with E-state index in [2.05, 4.69) is 88.4 Å². The molecular formula is C35H36O3. The van der Waals surface area contributed by atoms with Crippen LogP contribution in [0.5, 0.6) is 5.75 Å². The summed E-state index contributed by atoms with van der Waals surface area (Å²) in [7, 11) is 0. The number of aromatic hydroxyl groups is 1. The first-order chi connectivity index (χ1) is 18.1. The molecule has 0 aromatic heterocycles. The molecule has 0 aliphatic heterocycles. The molecule has 0 spiro atoms. The number of carbonyl (C=O) groups excluding carboxylic acids is 1. The fourth-order valence-corrected chi connectivity index (χ4v) is 5.68. The van der Waals surface area contributed by atoms with E-state index < -0.39 is 5.97 Å². The molecule has 5 rings (SSSR count). The first-order valence-electron chi connectivity index (χ1n) is 13.5. The molecule has 1 aliphatic rings. The lowest BCUT2D eigenvalue weighted by Gasteiger charge is -2.42. The van der Waals surface area contributed by atoms with Crippen molar-refractivity contribution in [3.05, 3.63) is 102 Å². The van der Waals surface area contributed by atoms with Crippen molar-refractivity contribution in [1.82, 2.24) is 0 Å². The predicted octanol–water partition coefficient (Wildman–Crippen LogP) is 8.92. The van der Waals surface area contributed by atoms with Crippen LogP contribution in [0.1, 0.15) is 68.9 Å². The molecule has 3 heteroatoms. The summed E-state index contributed by atoms with van der Waals surface area (Å²) in [5.41, 5.74) is 9.63. The molecule has 4 aromatic carbocycles. The molecule has 0 fully saturated rings. The first-order valence-corrected chi connectivity index (χ1v) is 13.5. The van der Waals surface area contributed by atoms with Gasteiger partial charge in [0.2, 0.25) is 0 Å². The number of hydrogen-bond acceptors (Lipinski definition) is 3. The largest absolute Gasteiger partial charge is 0.507 e. The molecule has 0 atom stereocenters. The summed E-state index contributed by atoms with van der Waals surface area (Å²) < 4.78 is 5.10. The highest BCUT2D eigenvalue weighted by atomic mass is 16.5. The number of fused-ring (bicyclic) bond motifs is 1. The van der Waals surface area contributed by atoms with E-state index >= 15 is 0 Å². The molecule has 0 radical (unpaired) electrons.